The van der Waals surface area contributed by atoms with Crippen LogP contribution in [-0.2, 0) is 29.2 Å². The molecule has 0 fully saturated rings. The van der Waals surface area contributed by atoms with Crippen molar-refractivity contribution in [3.63, 3.8) is 0 Å². The Bertz CT molecular complexity index is 953. The second kappa shape index (κ2) is 9.03. The number of benzene rings is 2. The van der Waals surface area contributed by atoms with Crippen LogP contribution in [0.25, 0.3) is 11.0 Å². The highest BCUT2D eigenvalue weighted by atomic mass is 16.5. The molecule has 0 aliphatic rings. The summed E-state index contributed by atoms with van der Waals surface area (Å²) >= 11 is 0. The molecular weight excluding hydrogens is 356 g/mol. The van der Waals surface area contributed by atoms with Gasteiger partial charge >= 0.3 is 6.09 Å². The Morgan fingerprint density at radius 2 is 1.82 bits per heavy atom. The van der Waals surface area contributed by atoms with Crippen LogP contribution in [-0.4, -0.2) is 27.6 Å². The predicted molar refractivity (Wildman–Crippen MR) is 106 cm³/mol. The first-order valence-corrected chi connectivity index (χ1v) is 9.27. The van der Waals surface area contributed by atoms with Crippen molar-refractivity contribution < 1.29 is 14.3 Å². The van der Waals surface area contributed by atoms with Crippen LogP contribution in [0.4, 0.5) is 4.79 Å². The van der Waals surface area contributed by atoms with E-state index >= 15 is 0 Å². The van der Waals surface area contributed by atoms with Crippen molar-refractivity contribution >= 4 is 23.0 Å². The van der Waals surface area contributed by atoms with E-state index in [1.807, 2.05) is 61.5 Å². The standard InChI is InChI=1S/C21H24N4O3/c1-3-25-18-12-8-7-11-17(18)24-19(25)13-22-20(26)15(2)23-21(27)28-14-16-9-5-4-6-10-16/h4-12,15H,3,13-14H2,1-2H3,(H,22,26)(H,23,27)/t15-/m0/s1. The summed E-state index contributed by atoms with van der Waals surface area (Å²) in [6, 6.07) is 16.5. The normalized spacial score (nSPS) is 11.8. The molecule has 0 spiro atoms. The molecule has 28 heavy (non-hydrogen) atoms. The van der Waals surface area contributed by atoms with Gasteiger partial charge in [0, 0.05) is 6.54 Å². The number of hydrogen-bond donors (Lipinski definition) is 2. The van der Waals surface area contributed by atoms with Crippen molar-refractivity contribution in [3.05, 3.63) is 66.0 Å². The smallest absolute Gasteiger partial charge is 0.408 e. The second-order valence-corrected chi connectivity index (χ2v) is 6.41. The van der Waals surface area contributed by atoms with E-state index < -0.39 is 12.1 Å². The zero-order chi connectivity index (χ0) is 19.9. The van der Waals surface area contributed by atoms with Crippen molar-refractivity contribution in [2.45, 2.75) is 39.6 Å². The Labute approximate surface area is 163 Å². The number of imidazole rings is 1. The topological polar surface area (TPSA) is 85.2 Å². The van der Waals surface area contributed by atoms with Gasteiger partial charge in [-0.15, -0.1) is 0 Å². The van der Waals surface area contributed by atoms with Crippen LogP contribution >= 0.6 is 0 Å². The average Bonchev–Trinajstić information content (AvgIpc) is 3.08. The van der Waals surface area contributed by atoms with Gasteiger partial charge in [0.2, 0.25) is 5.91 Å². The number of aryl methyl sites for hydroxylation is 1. The summed E-state index contributed by atoms with van der Waals surface area (Å²) in [6.07, 6.45) is -0.632. The Balaban J connectivity index is 1.51. The number of fused-ring (bicyclic) bond motifs is 1. The Hall–Kier alpha value is -3.35. The molecule has 2 N–H and O–H groups in total. The summed E-state index contributed by atoms with van der Waals surface area (Å²) in [7, 11) is 0. The molecule has 2 aromatic carbocycles. The molecule has 0 unspecified atom stereocenters. The third kappa shape index (κ3) is 4.68. The van der Waals surface area contributed by atoms with Gasteiger partial charge in [0.15, 0.2) is 0 Å². The van der Waals surface area contributed by atoms with Crippen molar-refractivity contribution in [1.29, 1.82) is 0 Å². The van der Waals surface area contributed by atoms with Gasteiger partial charge in [-0.1, -0.05) is 42.5 Å². The largest absolute Gasteiger partial charge is 0.445 e. The lowest BCUT2D eigenvalue weighted by Crippen LogP contribution is -2.44. The molecule has 1 aromatic heterocycles. The number of carbonyl (C=O) groups is 2. The number of hydrogen-bond acceptors (Lipinski definition) is 4. The summed E-state index contributed by atoms with van der Waals surface area (Å²) in [6.45, 7) is 4.84. The molecule has 0 saturated carbocycles. The van der Waals surface area contributed by atoms with E-state index in [4.69, 9.17) is 4.74 Å². The number of para-hydroxylation sites is 2. The maximum absolute atomic E-state index is 12.3. The number of carbonyl (C=O) groups excluding carboxylic acids is 2. The van der Waals surface area contributed by atoms with E-state index in [2.05, 4.69) is 20.2 Å². The molecule has 0 radical (unpaired) electrons. The van der Waals surface area contributed by atoms with Crippen LogP contribution in [0.3, 0.4) is 0 Å². The molecule has 146 valence electrons. The maximum Gasteiger partial charge on any atom is 0.408 e. The first kappa shape index (κ1) is 19.4. The fraction of sp³-hybridized carbons (Fsp3) is 0.286. The highest BCUT2D eigenvalue weighted by Crippen LogP contribution is 2.15. The summed E-state index contributed by atoms with van der Waals surface area (Å²) in [5, 5.41) is 5.36. The van der Waals surface area contributed by atoms with Crippen LogP contribution in [0, 0.1) is 0 Å². The zero-order valence-electron chi connectivity index (χ0n) is 16.0. The fourth-order valence-electron chi connectivity index (χ4n) is 2.94. The SMILES string of the molecule is CCn1c(CNC(=O)[C@H](C)NC(=O)OCc2ccccc2)nc2ccccc21. The van der Waals surface area contributed by atoms with Crippen molar-refractivity contribution in [1.82, 2.24) is 20.2 Å². The minimum atomic E-state index is -0.720. The number of nitrogens with zero attached hydrogens (tertiary/aromatic N) is 2. The molecule has 1 heterocycles. The number of ether oxygens (including phenoxy) is 1. The first-order chi connectivity index (χ1) is 13.6. The van der Waals surface area contributed by atoms with Crippen molar-refractivity contribution in [3.8, 4) is 0 Å². The van der Waals surface area contributed by atoms with E-state index in [1.54, 1.807) is 6.92 Å². The Kier molecular flexibility index (Phi) is 6.26. The molecule has 0 aliphatic carbocycles. The van der Waals surface area contributed by atoms with Gasteiger partial charge < -0.3 is 19.9 Å². The molecule has 2 amide bonds. The van der Waals surface area contributed by atoms with Crippen LogP contribution in [0.15, 0.2) is 54.6 Å². The number of amides is 2. The summed E-state index contributed by atoms with van der Waals surface area (Å²) in [5.41, 5.74) is 2.81. The Morgan fingerprint density at radius 1 is 1.11 bits per heavy atom. The Morgan fingerprint density at radius 3 is 2.57 bits per heavy atom. The van der Waals surface area contributed by atoms with Gasteiger partial charge in [0.25, 0.3) is 0 Å². The van der Waals surface area contributed by atoms with Crippen molar-refractivity contribution in [2.75, 3.05) is 0 Å². The lowest BCUT2D eigenvalue weighted by atomic mass is 10.2. The molecule has 0 bridgehead atoms. The van der Waals surface area contributed by atoms with E-state index in [1.165, 1.54) is 0 Å². The van der Waals surface area contributed by atoms with E-state index in [9.17, 15) is 9.59 Å². The molecule has 7 heteroatoms. The molecular formula is C21H24N4O3. The molecule has 1 atom stereocenters. The van der Waals surface area contributed by atoms with Gasteiger partial charge in [-0.05, 0) is 31.5 Å². The molecule has 7 nitrogen and oxygen atoms in total. The van der Waals surface area contributed by atoms with Gasteiger partial charge in [0.1, 0.15) is 18.5 Å². The van der Waals surface area contributed by atoms with Crippen molar-refractivity contribution in [2.24, 2.45) is 0 Å². The molecule has 3 aromatic rings. The molecule has 3 rings (SSSR count). The fourth-order valence-corrected chi connectivity index (χ4v) is 2.94. The zero-order valence-corrected chi connectivity index (χ0v) is 16.0. The predicted octanol–water partition coefficient (Wildman–Crippen LogP) is 2.99. The number of nitrogens with one attached hydrogen (secondary N) is 2. The summed E-state index contributed by atoms with van der Waals surface area (Å²) in [5.74, 6) is 0.474. The molecule has 0 saturated heterocycles. The lowest BCUT2D eigenvalue weighted by Gasteiger charge is -2.14. The van der Waals surface area contributed by atoms with Gasteiger partial charge in [-0.25, -0.2) is 9.78 Å². The maximum atomic E-state index is 12.3. The first-order valence-electron chi connectivity index (χ1n) is 9.27. The minimum absolute atomic E-state index is 0.154. The molecule has 0 aliphatic heterocycles. The van der Waals surface area contributed by atoms with Gasteiger partial charge in [-0.2, -0.15) is 0 Å². The van der Waals surface area contributed by atoms with Crippen LogP contribution in [0.2, 0.25) is 0 Å². The minimum Gasteiger partial charge on any atom is -0.445 e. The number of aromatic nitrogens is 2. The highest BCUT2D eigenvalue weighted by Gasteiger charge is 2.17. The quantitative estimate of drug-likeness (QED) is 0.660. The third-order valence-corrected chi connectivity index (χ3v) is 4.41. The third-order valence-electron chi connectivity index (χ3n) is 4.41. The lowest BCUT2D eigenvalue weighted by molar-refractivity contribution is -0.122. The van der Waals surface area contributed by atoms with Gasteiger partial charge in [-0.3, -0.25) is 4.79 Å². The number of alkyl carbamates (subject to hydrolysis) is 1. The van der Waals surface area contributed by atoms with Crippen LogP contribution in [0.5, 0.6) is 0 Å². The summed E-state index contributed by atoms with van der Waals surface area (Å²) in [4.78, 5) is 28.8. The number of rotatable bonds is 7. The van der Waals surface area contributed by atoms with E-state index in [0.717, 1.165) is 29.0 Å². The van der Waals surface area contributed by atoms with E-state index in [-0.39, 0.29) is 19.1 Å². The van der Waals surface area contributed by atoms with E-state index in [0.29, 0.717) is 0 Å². The average molecular weight is 380 g/mol. The van der Waals surface area contributed by atoms with Gasteiger partial charge in [0.05, 0.1) is 17.6 Å². The summed E-state index contributed by atoms with van der Waals surface area (Å²) < 4.78 is 7.20. The monoisotopic (exact) mass is 380 g/mol. The second-order valence-electron chi connectivity index (χ2n) is 6.41. The highest BCUT2D eigenvalue weighted by molar-refractivity contribution is 5.85. The van der Waals surface area contributed by atoms with Crippen LogP contribution in [0.1, 0.15) is 25.2 Å². The van der Waals surface area contributed by atoms with Crippen LogP contribution < -0.4 is 10.6 Å².